The Kier molecular flexibility index (Phi) is 4.02. The van der Waals surface area contributed by atoms with Crippen molar-refractivity contribution in [3.8, 4) is 0 Å². The first kappa shape index (κ1) is 14.5. The molecule has 2 aromatic heterocycles. The van der Waals surface area contributed by atoms with Gasteiger partial charge in [-0.15, -0.1) is 0 Å². The van der Waals surface area contributed by atoms with Gasteiger partial charge < -0.3 is 0 Å². The average molecular weight is 293 g/mol. The van der Waals surface area contributed by atoms with Crippen molar-refractivity contribution in [2.75, 3.05) is 7.05 Å². The van der Waals surface area contributed by atoms with Crippen molar-refractivity contribution in [1.29, 1.82) is 0 Å². The fourth-order valence-corrected chi connectivity index (χ4v) is 2.56. The van der Waals surface area contributed by atoms with E-state index in [2.05, 4.69) is 28.9 Å². The highest BCUT2D eigenvalue weighted by Crippen LogP contribution is 2.19. The maximum atomic E-state index is 12.1. The molecule has 0 aliphatic rings. The second-order valence-electron chi connectivity index (χ2n) is 5.52. The van der Waals surface area contributed by atoms with E-state index in [1.807, 2.05) is 43.4 Å². The minimum atomic E-state index is -0.0404. The quantitative estimate of drug-likeness (QED) is 0.742. The van der Waals surface area contributed by atoms with Crippen LogP contribution in [-0.2, 0) is 6.54 Å². The van der Waals surface area contributed by atoms with Crippen LogP contribution in [0.2, 0.25) is 0 Å². The topological polar surface area (TPSA) is 37.6 Å². The number of hydrogen-bond acceptors (Lipinski definition) is 3. The summed E-state index contributed by atoms with van der Waals surface area (Å²) in [6.45, 7) is 2.79. The maximum absolute atomic E-state index is 12.1. The predicted molar refractivity (Wildman–Crippen MR) is 87.8 cm³/mol. The van der Waals surface area contributed by atoms with E-state index >= 15 is 0 Å². The molecule has 0 radical (unpaired) electrons. The van der Waals surface area contributed by atoms with Gasteiger partial charge in [-0.25, -0.2) is 4.98 Å². The zero-order chi connectivity index (χ0) is 15.5. The van der Waals surface area contributed by atoms with Crippen LogP contribution in [0.3, 0.4) is 0 Å². The van der Waals surface area contributed by atoms with E-state index in [0.717, 1.165) is 5.69 Å². The molecule has 0 amide bonds. The van der Waals surface area contributed by atoms with Crippen LogP contribution in [0.15, 0.2) is 65.6 Å². The van der Waals surface area contributed by atoms with Gasteiger partial charge in [-0.1, -0.05) is 36.4 Å². The third-order valence-electron chi connectivity index (χ3n) is 3.98. The lowest BCUT2D eigenvalue weighted by molar-refractivity contribution is 0.250. The molecule has 0 saturated heterocycles. The Morgan fingerprint density at radius 3 is 2.64 bits per heavy atom. The van der Waals surface area contributed by atoms with Crippen LogP contribution in [0.25, 0.3) is 5.65 Å². The second-order valence-corrected chi connectivity index (χ2v) is 5.52. The highest BCUT2D eigenvalue weighted by molar-refractivity contribution is 5.38. The molecular formula is C18H19N3O. The van der Waals surface area contributed by atoms with Gasteiger partial charge in [0.05, 0.1) is 5.69 Å². The van der Waals surface area contributed by atoms with Crippen LogP contribution in [0.1, 0.15) is 24.2 Å². The molecule has 0 unspecified atom stereocenters. The van der Waals surface area contributed by atoms with E-state index in [1.165, 1.54) is 5.56 Å². The van der Waals surface area contributed by atoms with Crippen molar-refractivity contribution in [2.24, 2.45) is 0 Å². The van der Waals surface area contributed by atoms with E-state index in [-0.39, 0.29) is 11.6 Å². The van der Waals surface area contributed by atoms with Gasteiger partial charge >= 0.3 is 0 Å². The molecule has 112 valence electrons. The van der Waals surface area contributed by atoms with Crippen LogP contribution in [-0.4, -0.2) is 21.3 Å². The van der Waals surface area contributed by atoms with Gasteiger partial charge in [0.25, 0.3) is 5.56 Å². The van der Waals surface area contributed by atoms with Crippen molar-refractivity contribution in [3.05, 3.63) is 82.4 Å². The highest BCUT2D eigenvalue weighted by atomic mass is 16.1. The van der Waals surface area contributed by atoms with E-state index in [9.17, 15) is 4.79 Å². The Morgan fingerprint density at radius 2 is 1.86 bits per heavy atom. The standard InChI is InChI=1S/C18H19N3O/c1-14(15-8-4-3-5-9-15)20(2)13-16-12-18(22)21-11-7-6-10-17(21)19-16/h3-12,14H,13H2,1-2H3/t14-/m1/s1. The number of rotatable bonds is 4. The van der Waals surface area contributed by atoms with Gasteiger partial charge in [-0.05, 0) is 31.7 Å². The smallest absolute Gasteiger partial charge is 0.258 e. The molecule has 0 bridgehead atoms. The number of nitrogens with zero attached hydrogens (tertiary/aromatic N) is 3. The van der Waals surface area contributed by atoms with Crippen LogP contribution in [0.4, 0.5) is 0 Å². The van der Waals surface area contributed by atoms with Gasteiger partial charge in [0, 0.05) is 24.8 Å². The summed E-state index contributed by atoms with van der Waals surface area (Å²) in [6.07, 6.45) is 1.74. The zero-order valence-electron chi connectivity index (χ0n) is 12.8. The summed E-state index contributed by atoms with van der Waals surface area (Å²) in [5.74, 6) is 0. The van der Waals surface area contributed by atoms with Gasteiger partial charge in [-0.2, -0.15) is 0 Å². The average Bonchev–Trinajstić information content (AvgIpc) is 2.55. The summed E-state index contributed by atoms with van der Waals surface area (Å²) in [5, 5.41) is 0. The van der Waals surface area contributed by atoms with Crippen molar-refractivity contribution < 1.29 is 0 Å². The lowest BCUT2D eigenvalue weighted by Gasteiger charge is -2.24. The SMILES string of the molecule is C[C@H](c1ccccc1)N(C)Cc1cc(=O)n2ccccc2n1. The minimum absolute atomic E-state index is 0.0404. The molecule has 3 aromatic rings. The molecule has 0 saturated carbocycles. The Hall–Kier alpha value is -2.46. The number of pyridine rings is 1. The molecule has 4 nitrogen and oxygen atoms in total. The number of fused-ring (bicyclic) bond motifs is 1. The fourth-order valence-electron chi connectivity index (χ4n) is 2.56. The summed E-state index contributed by atoms with van der Waals surface area (Å²) in [6, 6.07) is 17.8. The van der Waals surface area contributed by atoms with E-state index in [0.29, 0.717) is 12.2 Å². The van der Waals surface area contributed by atoms with Crippen molar-refractivity contribution in [2.45, 2.75) is 19.5 Å². The summed E-state index contributed by atoms with van der Waals surface area (Å²) in [7, 11) is 2.05. The van der Waals surface area contributed by atoms with Gasteiger partial charge in [0.1, 0.15) is 5.65 Å². The molecule has 4 heteroatoms. The third-order valence-corrected chi connectivity index (χ3v) is 3.98. The summed E-state index contributed by atoms with van der Waals surface area (Å²) < 4.78 is 1.56. The maximum Gasteiger partial charge on any atom is 0.258 e. The molecule has 22 heavy (non-hydrogen) atoms. The molecule has 2 heterocycles. The molecule has 0 aliphatic carbocycles. The number of hydrogen-bond donors (Lipinski definition) is 0. The number of aromatic nitrogens is 2. The molecular weight excluding hydrogens is 274 g/mol. The van der Waals surface area contributed by atoms with Crippen LogP contribution < -0.4 is 5.56 Å². The highest BCUT2D eigenvalue weighted by Gasteiger charge is 2.13. The predicted octanol–water partition coefficient (Wildman–Crippen LogP) is 2.89. The third kappa shape index (κ3) is 2.92. The first-order valence-corrected chi connectivity index (χ1v) is 7.37. The molecule has 0 N–H and O–H groups in total. The molecule has 1 aromatic carbocycles. The summed E-state index contributed by atoms with van der Waals surface area (Å²) >= 11 is 0. The summed E-state index contributed by atoms with van der Waals surface area (Å²) in [5.41, 5.74) is 2.69. The van der Waals surface area contributed by atoms with Gasteiger partial charge in [0.2, 0.25) is 0 Å². The Morgan fingerprint density at radius 1 is 1.14 bits per heavy atom. The first-order valence-electron chi connectivity index (χ1n) is 7.37. The Labute approximate surface area is 129 Å². The second kappa shape index (κ2) is 6.12. The fraction of sp³-hybridized carbons (Fsp3) is 0.222. The summed E-state index contributed by atoms with van der Waals surface area (Å²) in [4.78, 5) is 18.9. The monoisotopic (exact) mass is 293 g/mol. The largest absolute Gasteiger partial charge is 0.294 e. The molecule has 0 aliphatic heterocycles. The normalized spacial score (nSPS) is 12.7. The van der Waals surface area contributed by atoms with E-state index in [1.54, 1.807) is 16.7 Å². The van der Waals surface area contributed by atoms with Crippen molar-refractivity contribution >= 4 is 5.65 Å². The van der Waals surface area contributed by atoms with E-state index < -0.39 is 0 Å². The lowest BCUT2D eigenvalue weighted by Crippen LogP contribution is -2.24. The first-order chi connectivity index (χ1) is 10.6. The molecule has 0 fully saturated rings. The Bertz CT molecular complexity index is 826. The van der Waals surface area contributed by atoms with Gasteiger partial charge in [-0.3, -0.25) is 14.1 Å². The molecule has 1 atom stereocenters. The van der Waals surface area contributed by atoms with Gasteiger partial charge in [0.15, 0.2) is 0 Å². The number of benzene rings is 1. The zero-order valence-corrected chi connectivity index (χ0v) is 12.8. The molecule has 0 spiro atoms. The lowest BCUT2D eigenvalue weighted by atomic mass is 10.1. The van der Waals surface area contributed by atoms with Crippen LogP contribution in [0, 0.1) is 0 Å². The van der Waals surface area contributed by atoms with Crippen molar-refractivity contribution in [1.82, 2.24) is 14.3 Å². The minimum Gasteiger partial charge on any atom is -0.294 e. The van der Waals surface area contributed by atoms with E-state index in [4.69, 9.17) is 0 Å². The Balaban J connectivity index is 1.85. The van der Waals surface area contributed by atoms with Crippen molar-refractivity contribution in [3.63, 3.8) is 0 Å². The molecule has 3 rings (SSSR count). The van der Waals surface area contributed by atoms with Crippen LogP contribution >= 0.6 is 0 Å². The van der Waals surface area contributed by atoms with Crippen LogP contribution in [0.5, 0.6) is 0 Å².